The van der Waals surface area contributed by atoms with Crippen molar-refractivity contribution in [3.63, 3.8) is 0 Å². The van der Waals surface area contributed by atoms with E-state index in [1.165, 1.54) is 0 Å². The Labute approximate surface area is 136 Å². The van der Waals surface area contributed by atoms with E-state index in [4.69, 9.17) is 0 Å². The van der Waals surface area contributed by atoms with Crippen molar-refractivity contribution >= 4 is 33.6 Å². The Hall–Kier alpha value is -2.59. The van der Waals surface area contributed by atoms with Crippen LogP contribution in [0, 0.1) is 6.92 Å². The molecule has 23 heavy (non-hydrogen) atoms. The zero-order chi connectivity index (χ0) is 15.6. The van der Waals surface area contributed by atoms with E-state index < -0.39 is 0 Å². The van der Waals surface area contributed by atoms with Gasteiger partial charge in [0, 0.05) is 21.9 Å². The van der Waals surface area contributed by atoms with Crippen molar-refractivity contribution in [2.24, 2.45) is 0 Å². The number of fused-ring (bicyclic) bond motifs is 4. The van der Waals surface area contributed by atoms with Gasteiger partial charge in [-0.25, -0.2) is 4.98 Å². The molecule has 0 aliphatic carbocycles. The molecule has 0 unspecified atom stereocenters. The molecular formula is C19H12N2OS. The molecule has 1 aliphatic heterocycles. The molecule has 110 valence electrons. The number of benzene rings is 2. The maximum absolute atomic E-state index is 12.9. The fraction of sp³-hybridized carbons (Fsp3) is 0.0526. The largest absolute Gasteiger partial charge is 0.291 e. The van der Waals surface area contributed by atoms with E-state index in [2.05, 4.69) is 27.8 Å². The molecule has 5 rings (SSSR count). The van der Waals surface area contributed by atoms with Crippen LogP contribution in [-0.2, 0) is 0 Å². The lowest BCUT2D eigenvalue weighted by atomic mass is 10.1. The van der Waals surface area contributed by atoms with Crippen LogP contribution in [0.25, 0.3) is 27.6 Å². The smallest absolute Gasteiger partial charge is 0.197 e. The molecule has 0 fully saturated rings. The van der Waals surface area contributed by atoms with Gasteiger partial charge >= 0.3 is 0 Å². The lowest BCUT2D eigenvalue weighted by molar-refractivity contribution is 0.997. The highest BCUT2D eigenvalue weighted by atomic mass is 32.2. The molecule has 0 bridgehead atoms. The Morgan fingerprint density at radius 1 is 1.00 bits per heavy atom. The minimum absolute atomic E-state index is 0.0908. The molecule has 3 nitrogen and oxygen atoms in total. The van der Waals surface area contributed by atoms with Gasteiger partial charge in [0.15, 0.2) is 11.2 Å². The second-order valence-electron chi connectivity index (χ2n) is 5.76. The van der Waals surface area contributed by atoms with Gasteiger partial charge in [0.25, 0.3) is 0 Å². The van der Waals surface area contributed by atoms with Crippen molar-refractivity contribution in [1.29, 1.82) is 0 Å². The summed E-state index contributed by atoms with van der Waals surface area (Å²) in [7, 11) is 0. The molecular weight excluding hydrogens is 304 g/mol. The van der Waals surface area contributed by atoms with E-state index >= 15 is 0 Å². The van der Waals surface area contributed by atoms with E-state index in [9.17, 15) is 4.79 Å². The van der Waals surface area contributed by atoms with Crippen molar-refractivity contribution in [2.45, 2.75) is 16.7 Å². The maximum atomic E-state index is 12.9. The fourth-order valence-electron chi connectivity index (χ4n) is 3.27. The lowest BCUT2D eigenvalue weighted by Crippen LogP contribution is -2.14. The number of rotatable bonds is 0. The standard InChI is InChI=1S/C19H12N2OS/c1-11-7-8-12-14(10-11)21-17-13(18(12)22)4-2-5-15(17)23-16-6-3-9-20-19(16)21/h2-10H,1H3. The number of hydrogen-bond acceptors (Lipinski definition) is 3. The van der Waals surface area contributed by atoms with Crippen LogP contribution in [0.5, 0.6) is 0 Å². The van der Waals surface area contributed by atoms with E-state index in [0.717, 1.165) is 43.0 Å². The Bertz CT molecular complexity index is 1180. The van der Waals surface area contributed by atoms with Crippen LogP contribution < -0.4 is 5.43 Å². The van der Waals surface area contributed by atoms with E-state index in [-0.39, 0.29) is 5.43 Å². The molecule has 0 atom stereocenters. The van der Waals surface area contributed by atoms with Gasteiger partial charge in [0.05, 0.1) is 15.9 Å². The van der Waals surface area contributed by atoms with Crippen LogP contribution in [0.4, 0.5) is 0 Å². The summed E-state index contributed by atoms with van der Waals surface area (Å²) >= 11 is 1.67. The summed E-state index contributed by atoms with van der Waals surface area (Å²) in [5.41, 5.74) is 3.11. The number of pyridine rings is 2. The third-order valence-electron chi connectivity index (χ3n) is 4.29. The highest BCUT2D eigenvalue weighted by Gasteiger charge is 2.22. The summed E-state index contributed by atoms with van der Waals surface area (Å²) in [6.07, 6.45) is 1.80. The van der Waals surface area contributed by atoms with Crippen molar-refractivity contribution in [3.05, 3.63) is 70.5 Å². The molecule has 0 saturated heterocycles. The predicted octanol–water partition coefficient (Wildman–Crippen LogP) is 4.31. The van der Waals surface area contributed by atoms with Crippen molar-refractivity contribution in [2.75, 3.05) is 0 Å². The Balaban J connectivity index is 2.15. The minimum Gasteiger partial charge on any atom is -0.291 e. The van der Waals surface area contributed by atoms with Gasteiger partial charge in [-0.3, -0.25) is 9.36 Å². The van der Waals surface area contributed by atoms with Crippen LogP contribution in [0.1, 0.15) is 5.56 Å². The van der Waals surface area contributed by atoms with E-state index in [1.807, 2.05) is 37.3 Å². The lowest BCUT2D eigenvalue weighted by Gasteiger charge is -2.23. The monoisotopic (exact) mass is 316 g/mol. The second kappa shape index (κ2) is 4.46. The number of para-hydroxylation sites is 1. The van der Waals surface area contributed by atoms with Gasteiger partial charge in [-0.2, -0.15) is 0 Å². The summed E-state index contributed by atoms with van der Waals surface area (Å²) in [4.78, 5) is 19.7. The zero-order valence-corrected chi connectivity index (χ0v) is 13.2. The molecule has 4 aromatic rings. The van der Waals surface area contributed by atoms with E-state index in [1.54, 1.807) is 18.0 Å². The average Bonchev–Trinajstić information content (AvgIpc) is 2.58. The second-order valence-corrected chi connectivity index (χ2v) is 6.85. The summed E-state index contributed by atoms with van der Waals surface area (Å²) in [5.74, 6) is 0.900. The van der Waals surface area contributed by atoms with Gasteiger partial charge in [-0.1, -0.05) is 23.9 Å². The summed E-state index contributed by atoms with van der Waals surface area (Å²) in [6, 6.07) is 15.9. The molecule has 0 amide bonds. The molecule has 0 spiro atoms. The Morgan fingerprint density at radius 2 is 1.87 bits per heavy atom. The van der Waals surface area contributed by atoms with Crippen LogP contribution in [0.2, 0.25) is 0 Å². The first-order chi connectivity index (χ1) is 11.2. The normalized spacial score (nSPS) is 12.6. The quantitative estimate of drug-likeness (QED) is 0.399. The van der Waals surface area contributed by atoms with Gasteiger partial charge < -0.3 is 0 Å². The van der Waals surface area contributed by atoms with Crippen molar-refractivity contribution < 1.29 is 0 Å². The third kappa shape index (κ3) is 1.67. The van der Waals surface area contributed by atoms with Crippen LogP contribution >= 0.6 is 11.8 Å². The van der Waals surface area contributed by atoms with Crippen molar-refractivity contribution in [1.82, 2.24) is 9.55 Å². The Kier molecular flexibility index (Phi) is 2.50. The van der Waals surface area contributed by atoms with Crippen LogP contribution in [-0.4, -0.2) is 9.55 Å². The summed E-state index contributed by atoms with van der Waals surface area (Å²) in [6.45, 7) is 2.05. The van der Waals surface area contributed by atoms with Gasteiger partial charge in [0.2, 0.25) is 0 Å². The van der Waals surface area contributed by atoms with Crippen molar-refractivity contribution in [3.8, 4) is 5.82 Å². The highest BCUT2D eigenvalue weighted by Crippen LogP contribution is 2.42. The third-order valence-corrected chi connectivity index (χ3v) is 5.38. The van der Waals surface area contributed by atoms with Crippen LogP contribution in [0.3, 0.4) is 0 Å². The van der Waals surface area contributed by atoms with Gasteiger partial charge in [0.1, 0.15) is 0 Å². The molecule has 0 saturated carbocycles. The average molecular weight is 316 g/mol. The molecule has 2 aromatic heterocycles. The number of aryl methyl sites for hydroxylation is 1. The fourth-order valence-corrected chi connectivity index (χ4v) is 4.33. The predicted molar refractivity (Wildman–Crippen MR) is 93.7 cm³/mol. The summed E-state index contributed by atoms with van der Waals surface area (Å²) < 4.78 is 2.14. The van der Waals surface area contributed by atoms with Crippen LogP contribution in [0.15, 0.2) is 69.3 Å². The van der Waals surface area contributed by atoms with E-state index in [0.29, 0.717) is 0 Å². The first kappa shape index (κ1) is 12.9. The number of aromatic nitrogens is 2. The molecule has 0 radical (unpaired) electrons. The van der Waals surface area contributed by atoms with Gasteiger partial charge in [-0.05, 0) is 48.9 Å². The first-order valence-electron chi connectivity index (χ1n) is 7.45. The Morgan fingerprint density at radius 3 is 2.78 bits per heavy atom. The number of hydrogen-bond donors (Lipinski definition) is 0. The zero-order valence-electron chi connectivity index (χ0n) is 12.4. The molecule has 0 N–H and O–H groups in total. The topological polar surface area (TPSA) is 34.9 Å². The SMILES string of the molecule is Cc1ccc2c(=O)c3cccc4c3n(c2c1)-c1ncccc1S4. The minimum atomic E-state index is 0.0908. The first-order valence-corrected chi connectivity index (χ1v) is 8.27. The maximum Gasteiger partial charge on any atom is 0.197 e. The highest BCUT2D eigenvalue weighted by molar-refractivity contribution is 7.99. The molecule has 1 aliphatic rings. The molecule has 2 aromatic carbocycles. The molecule has 3 heterocycles. The summed E-state index contributed by atoms with van der Waals surface area (Å²) in [5, 5.41) is 1.49. The molecule has 4 heteroatoms. The number of nitrogens with zero attached hydrogens (tertiary/aromatic N) is 2. The van der Waals surface area contributed by atoms with Gasteiger partial charge in [-0.15, -0.1) is 0 Å².